The number of benzene rings is 2. The van der Waals surface area contributed by atoms with Crippen LogP contribution in [0.5, 0.6) is 0 Å². The molecule has 0 aliphatic rings. The highest BCUT2D eigenvalue weighted by molar-refractivity contribution is 7.91. The van der Waals surface area contributed by atoms with Crippen molar-refractivity contribution in [3.05, 3.63) is 59.6 Å². The molecular formula is C25H33N3O7S3. The van der Waals surface area contributed by atoms with Crippen LogP contribution < -0.4 is 5.73 Å². The number of rotatable bonds is 13. The van der Waals surface area contributed by atoms with Crippen molar-refractivity contribution in [1.29, 1.82) is 0 Å². The molecule has 0 aliphatic carbocycles. The fraction of sp³-hybridized carbons (Fsp3) is 0.440. The molecule has 208 valence electrons. The van der Waals surface area contributed by atoms with Gasteiger partial charge in [-0.05, 0) is 49.4 Å². The molecule has 0 saturated heterocycles. The Hall–Kier alpha value is -2.42. The van der Waals surface area contributed by atoms with E-state index in [9.17, 15) is 26.7 Å². The number of hydrogen-bond acceptors (Lipinski definition) is 10. The van der Waals surface area contributed by atoms with Gasteiger partial charge in [0.2, 0.25) is 5.91 Å². The van der Waals surface area contributed by atoms with Crippen molar-refractivity contribution in [3.8, 4) is 0 Å². The van der Waals surface area contributed by atoms with Crippen LogP contribution in [-0.2, 0) is 31.1 Å². The van der Waals surface area contributed by atoms with Crippen LogP contribution >= 0.6 is 11.3 Å². The third-order valence-electron chi connectivity index (χ3n) is 6.33. The lowest BCUT2D eigenvalue weighted by Crippen LogP contribution is -2.58. The van der Waals surface area contributed by atoms with Gasteiger partial charge < -0.3 is 15.9 Å². The van der Waals surface area contributed by atoms with Crippen molar-refractivity contribution in [3.63, 3.8) is 0 Å². The number of fused-ring (bicyclic) bond motifs is 1. The van der Waals surface area contributed by atoms with Crippen molar-refractivity contribution >= 4 is 47.3 Å². The van der Waals surface area contributed by atoms with Crippen LogP contribution in [0.1, 0.15) is 25.8 Å². The minimum absolute atomic E-state index is 0.0542. The lowest BCUT2D eigenvalue weighted by atomic mass is 9.92. The van der Waals surface area contributed by atoms with Crippen molar-refractivity contribution in [1.82, 2.24) is 9.29 Å². The molecule has 10 nitrogen and oxygen atoms in total. The predicted octanol–water partition coefficient (Wildman–Crippen LogP) is 1.77. The summed E-state index contributed by atoms with van der Waals surface area (Å²) in [5.74, 6) is -2.92. The maximum Gasteiger partial charge on any atom is 0.267 e. The molecule has 0 fully saturated rings. The third-order valence-corrected chi connectivity index (χ3v) is 10.9. The zero-order chi connectivity index (χ0) is 28.1. The van der Waals surface area contributed by atoms with Crippen LogP contribution in [0.15, 0.2) is 58.9 Å². The molecule has 3 aromatic rings. The Morgan fingerprint density at radius 2 is 1.82 bits per heavy atom. The second-order valence-corrected chi connectivity index (χ2v) is 14.5. The number of sulfone groups is 1. The van der Waals surface area contributed by atoms with E-state index in [1.807, 2.05) is 30.3 Å². The number of carbonyl (C=O) groups is 1. The first-order valence-electron chi connectivity index (χ1n) is 12.0. The second-order valence-electron chi connectivity index (χ2n) is 9.63. The maximum atomic E-state index is 14.0. The Kier molecular flexibility index (Phi) is 9.66. The topological polar surface area (TPSA) is 168 Å². The number of nitrogens with two attached hydrogens (primary N) is 1. The molecule has 0 saturated carbocycles. The minimum Gasteiger partial charge on any atom is -0.396 e. The molecule has 2 aromatic carbocycles. The molecule has 1 unspecified atom stereocenters. The number of aromatic nitrogens is 1. The summed E-state index contributed by atoms with van der Waals surface area (Å²) in [5, 5.41) is 19.2. The Balaban J connectivity index is 2.07. The molecule has 1 aromatic heterocycles. The van der Waals surface area contributed by atoms with Gasteiger partial charge in [-0.3, -0.25) is 4.79 Å². The second kappa shape index (κ2) is 12.2. The quantitative estimate of drug-likeness (QED) is 0.254. The average molecular weight is 584 g/mol. The van der Waals surface area contributed by atoms with Crippen LogP contribution in [0, 0.1) is 11.3 Å². The lowest BCUT2D eigenvalue weighted by molar-refractivity contribution is -0.139. The monoisotopic (exact) mass is 583 g/mol. The molecule has 1 heterocycles. The van der Waals surface area contributed by atoms with E-state index in [0.29, 0.717) is 16.2 Å². The summed E-state index contributed by atoms with van der Waals surface area (Å²) in [5.41, 5.74) is 7.33. The third kappa shape index (κ3) is 6.77. The van der Waals surface area contributed by atoms with Crippen LogP contribution in [0.25, 0.3) is 10.2 Å². The molecule has 0 radical (unpaired) electrons. The molecule has 3 rings (SSSR count). The number of nitrogens with zero attached hydrogens (tertiary/aromatic N) is 2. The molecule has 3 atom stereocenters. The van der Waals surface area contributed by atoms with E-state index in [4.69, 9.17) is 10.8 Å². The van der Waals surface area contributed by atoms with E-state index in [2.05, 4.69) is 4.98 Å². The summed E-state index contributed by atoms with van der Waals surface area (Å²) in [6.45, 7) is 1.60. The molecule has 38 heavy (non-hydrogen) atoms. The Morgan fingerprint density at radius 1 is 1.13 bits per heavy atom. The zero-order valence-electron chi connectivity index (χ0n) is 21.2. The van der Waals surface area contributed by atoms with Crippen molar-refractivity contribution < 1.29 is 31.8 Å². The fourth-order valence-corrected chi connectivity index (χ4v) is 8.39. The number of thiazole rings is 1. The number of amides is 1. The average Bonchev–Trinajstić information content (AvgIpc) is 3.35. The maximum absolute atomic E-state index is 14.0. The first-order chi connectivity index (χ1) is 17.8. The summed E-state index contributed by atoms with van der Waals surface area (Å²) in [4.78, 5) is 17.9. The van der Waals surface area contributed by atoms with Crippen LogP contribution in [0.2, 0.25) is 0 Å². The molecule has 4 N–H and O–H groups in total. The van der Waals surface area contributed by atoms with Gasteiger partial charge in [0, 0.05) is 6.61 Å². The van der Waals surface area contributed by atoms with E-state index in [0.717, 1.165) is 10.3 Å². The van der Waals surface area contributed by atoms with Gasteiger partial charge in [0.25, 0.3) is 10.0 Å². The molecule has 1 amide bonds. The molecule has 13 heteroatoms. The van der Waals surface area contributed by atoms with Gasteiger partial charge in [0.05, 0.1) is 50.3 Å². The first-order valence-corrected chi connectivity index (χ1v) is 16.1. The summed E-state index contributed by atoms with van der Waals surface area (Å²) >= 11 is 1.33. The highest BCUT2D eigenvalue weighted by Crippen LogP contribution is 2.31. The highest BCUT2D eigenvalue weighted by atomic mass is 32.2. The van der Waals surface area contributed by atoms with Gasteiger partial charge in [-0.2, -0.15) is 0 Å². The van der Waals surface area contributed by atoms with Gasteiger partial charge in [-0.15, -0.1) is 11.3 Å². The normalized spacial score (nSPS) is 15.6. The summed E-state index contributed by atoms with van der Waals surface area (Å²) < 4.78 is 54.6. The molecular weight excluding hydrogens is 550 g/mol. The Morgan fingerprint density at radius 3 is 2.45 bits per heavy atom. The zero-order valence-corrected chi connectivity index (χ0v) is 23.7. The smallest absolute Gasteiger partial charge is 0.267 e. The summed E-state index contributed by atoms with van der Waals surface area (Å²) in [7, 11) is -8.52. The number of hydrogen-bond donors (Lipinski definition) is 3. The van der Waals surface area contributed by atoms with Crippen molar-refractivity contribution in [2.45, 2.75) is 37.8 Å². The Bertz CT molecular complexity index is 1460. The van der Waals surface area contributed by atoms with E-state index < -0.39 is 61.4 Å². The van der Waals surface area contributed by atoms with E-state index in [1.165, 1.54) is 30.4 Å². The SMILES string of the molecule is C[C@@H](Cc1ccccc1)[C@@H](N)N(C(=O)C(C)(CO)CS(=O)(=O)CCCO)S(=O)(=O)c1ccc2scnc2c1. The van der Waals surface area contributed by atoms with E-state index in [-0.39, 0.29) is 17.9 Å². The van der Waals surface area contributed by atoms with Gasteiger partial charge in [-0.25, -0.2) is 26.1 Å². The first kappa shape index (κ1) is 30.1. The Labute approximate surface area is 227 Å². The predicted molar refractivity (Wildman–Crippen MR) is 146 cm³/mol. The highest BCUT2D eigenvalue weighted by Gasteiger charge is 2.47. The van der Waals surface area contributed by atoms with Crippen LogP contribution in [0.3, 0.4) is 0 Å². The van der Waals surface area contributed by atoms with Gasteiger partial charge in [-0.1, -0.05) is 37.3 Å². The lowest BCUT2D eigenvalue weighted by Gasteiger charge is -2.37. The van der Waals surface area contributed by atoms with Crippen LogP contribution in [0.4, 0.5) is 0 Å². The number of aliphatic hydroxyl groups is 2. The number of aliphatic hydroxyl groups excluding tert-OH is 2. The van der Waals surface area contributed by atoms with Gasteiger partial charge >= 0.3 is 0 Å². The van der Waals surface area contributed by atoms with Gasteiger partial charge in [0.1, 0.15) is 0 Å². The summed E-state index contributed by atoms with van der Waals surface area (Å²) in [6, 6.07) is 13.5. The largest absolute Gasteiger partial charge is 0.396 e. The van der Waals surface area contributed by atoms with E-state index >= 15 is 0 Å². The van der Waals surface area contributed by atoms with Crippen molar-refractivity contribution in [2.75, 3.05) is 24.7 Å². The standard InChI is InChI=1S/C25H33N3O7S3/c1-18(13-19-7-4-3-5-8-19)23(26)28(24(31)25(2,15-30)16-37(32,33)12-6-11-29)38(34,35)20-9-10-22-21(14-20)27-17-36-22/h3-5,7-10,14,17-18,23,29-30H,6,11-13,15-16,26H2,1-2H3/t18-,23-,25?/m0/s1. The van der Waals surface area contributed by atoms with E-state index in [1.54, 1.807) is 18.5 Å². The fourth-order valence-electron chi connectivity index (χ4n) is 4.14. The van der Waals surface area contributed by atoms with Gasteiger partial charge in [0.15, 0.2) is 9.84 Å². The number of carbonyl (C=O) groups excluding carboxylic acids is 1. The van der Waals surface area contributed by atoms with Crippen LogP contribution in [-0.4, -0.2) is 73.1 Å². The minimum atomic E-state index is -4.59. The van der Waals surface area contributed by atoms with Crippen molar-refractivity contribution in [2.24, 2.45) is 17.1 Å². The number of sulfonamides is 1. The molecule has 0 aliphatic heterocycles. The summed E-state index contributed by atoms with van der Waals surface area (Å²) in [6.07, 6.45) is -1.08. The molecule has 0 bridgehead atoms. The molecule has 0 spiro atoms.